The normalized spacial score (nSPS) is 53.4. The molecule has 14 heavy (non-hydrogen) atoms. The second-order valence-electron chi connectivity index (χ2n) is 3.63. The van der Waals surface area contributed by atoms with Crippen molar-refractivity contribution in [1.82, 2.24) is 10.4 Å². The molecule has 0 bridgehead atoms. The summed E-state index contributed by atoms with van der Waals surface area (Å²) in [5.74, 6) is 0. The molecule has 2 N–H and O–H groups in total. The van der Waals surface area contributed by atoms with Gasteiger partial charge in [-0.15, -0.1) is 0 Å². The number of nitrogens with zero attached hydrogens (tertiary/aromatic N) is 1. The van der Waals surface area contributed by atoms with Gasteiger partial charge in [0, 0.05) is 10.7 Å². The van der Waals surface area contributed by atoms with E-state index in [1.807, 2.05) is 0 Å². The largest absolute Gasteiger partial charge is 0.374 e. The minimum atomic E-state index is -2.41. The second-order valence-corrected chi connectivity index (χ2v) is 3.63. The Balaban J connectivity index is 2.41. The summed E-state index contributed by atoms with van der Waals surface area (Å²) < 4.78 is 4.74. The molecule has 4 nitrogen and oxygen atoms in total. The van der Waals surface area contributed by atoms with Crippen LogP contribution in [0.1, 0.15) is 0 Å². The Bertz CT molecular complexity index is 293. The fourth-order valence-electron chi connectivity index (χ4n) is 1.37. The van der Waals surface area contributed by atoms with Crippen LogP contribution in [0.25, 0.3) is 0 Å². The van der Waals surface area contributed by atoms with Crippen LogP contribution < -0.4 is 5.43 Å². The summed E-state index contributed by atoms with van der Waals surface area (Å²) in [5.41, 5.74) is -1.37. The highest BCUT2D eigenvalue weighted by Gasteiger charge is 2.69. The number of morpholine rings is 1. The molecule has 58 valence electrons. The highest BCUT2D eigenvalue weighted by molar-refractivity contribution is 6.49. The summed E-state index contributed by atoms with van der Waals surface area (Å²) in [6.45, 7) is 0. The molecule has 2 rings (SSSR count). The molecule has 2 aliphatic rings. The zero-order valence-corrected chi connectivity index (χ0v) is 7.27. The van der Waals surface area contributed by atoms with Gasteiger partial charge < -0.3 is 9.84 Å². The van der Waals surface area contributed by atoms with Crippen LogP contribution in [0, 0.1) is 0 Å². The maximum atomic E-state index is 9.56. The summed E-state index contributed by atoms with van der Waals surface area (Å²) in [5, 5.41) is 6.76. The molecule has 0 aromatic carbocycles. The minimum absolute atomic E-state index is 1.03. The molecule has 2 saturated heterocycles. The third-order valence-electron chi connectivity index (χ3n) is 2.45. The molecule has 0 aromatic rings. The Labute approximate surface area is 89.9 Å². The van der Waals surface area contributed by atoms with Crippen molar-refractivity contribution in [3.63, 3.8) is 0 Å². The number of hydrogen-bond donors (Lipinski definition) is 2. The highest BCUT2D eigenvalue weighted by Crippen LogP contribution is 2.46. The standard InChI is InChI=1S/C4H2B6N2O2/c5-1(6)4(10,13)14-2(7,8)3(9)11-12(1)3/h11,13H. The van der Waals surface area contributed by atoms with E-state index >= 15 is 0 Å². The van der Waals surface area contributed by atoms with Gasteiger partial charge in [0.25, 0.3) is 0 Å². The van der Waals surface area contributed by atoms with E-state index in [2.05, 4.69) is 5.43 Å². The van der Waals surface area contributed by atoms with Crippen LogP contribution in [-0.4, -0.2) is 79.2 Å². The van der Waals surface area contributed by atoms with Crippen molar-refractivity contribution in [2.24, 2.45) is 0 Å². The van der Waals surface area contributed by atoms with Gasteiger partial charge in [-0.05, 0) is 0 Å². The lowest BCUT2D eigenvalue weighted by atomic mass is 9.45. The lowest BCUT2D eigenvalue weighted by Crippen LogP contribution is -2.74. The topological polar surface area (TPSA) is 54.4 Å². The van der Waals surface area contributed by atoms with Gasteiger partial charge in [0.15, 0.2) is 7.85 Å². The first kappa shape index (κ1) is 10.7. The fourth-order valence-corrected chi connectivity index (χ4v) is 1.37. The van der Waals surface area contributed by atoms with Gasteiger partial charge >= 0.3 is 0 Å². The van der Waals surface area contributed by atoms with E-state index in [-0.39, 0.29) is 0 Å². The average Bonchev–Trinajstić information content (AvgIpc) is 2.60. The Hall–Kier alpha value is 0.230. The lowest BCUT2D eigenvalue weighted by Gasteiger charge is -2.54. The molecule has 2 fully saturated rings. The third kappa shape index (κ3) is 1.00. The van der Waals surface area contributed by atoms with Crippen molar-refractivity contribution in [3.05, 3.63) is 0 Å². The van der Waals surface area contributed by atoms with E-state index in [0.717, 1.165) is 5.01 Å². The zero-order chi connectivity index (χ0) is 11.0. The highest BCUT2D eigenvalue weighted by atomic mass is 16.6. The van der Waals surface area contributed by atoms with Gasteiger partial charge in [0.2, 0.25) is 0 Å². The summed E-state index contributed by atoms with van der Waals surface area (Å²) in [6.07, 6.45) is 0. The van der Waals surface area contributed by atoms with E-state index < -0.39 is 22.0 Å². The SMILES string of the molecule is [B]C1([B])OC([B])(O)C([B])([B])N2NC21[B]. The number of fused-ring (bicyclic) bond motifs is 1. The number of nitrogens with one attached hydrogen (secondary N) is 1. The Morgan fingerprint density at radius 3 is 2.07 bits per heavy atom. The van der Waals surface area contributed by atoms with Crippen molar-refractivity contribution in [3.8, 4) is 0 Å². The maximum Gasteiger partial charge on any atom is 0.154 e. The fraction of sp³-hybridized carbons (Fsp3) is 1.00. The van der Waals surface area contributed by atoms with Crippen LogP contribution in [0.15, 0.2) is 0 Å². The molecule has 0 aromatic heterocycles. The number of rotatable bonds is 0. The quantitative estimate of drug-likeness (QED) is 0.287. The lowest BCUT2D eigenvalue weighted by molar-refractivity contribution is -0.215. The molecule has 0 saturated carbocycles. The van der Waals surface area contributed by atoms with Crippen molar-refractivity contribution in [1.29, 1.82) is 0 Å². The molecule has 3 unspecified atom stereocenters. The molecule has 0 spiro atoms. The van der Waals surface area contributed by atoms with Gasteiger partial charge in [0.05, 0.1) is 21.3 Å². The summed E-state index contributed by atoms with van der Waals surface area (Å²) in [4.78, 5) is 0. The molecule has 12 radical (unpaired) electrons. The number of aliphatic hydroxyl groups is 1. The molecular formula is C4H2B6N2O2. The summed E-state index contributed by atoms with van der Waals surface area (Å²) in [7, 11) is 32.9. The molecule has 2 heterocycles. The summed E-state index contributed by atoms with van der Waals surface area (Å²) in [6, 6.07) is 0. The van der Waals surface area contributed by atoms with Gasteiger partial charge in [-0.3, -0.25) is 0 Å². The monoisotopic (exact) mass is 176 g/mol. The number of hydrazine groups is 1. The Morgan fingerprint density at radius 1 is 1.07 bits per heavy atom. The molecule has 10 heteroatoms. The number of ether oxygens (including phenoxy) is 1. The van der Waals surface area contributed by atoms with Crippen molar-refractivity contribution in [2.75, 3.05) is 0 Å². The van der Waals surface area contributed by atoms with E-state index in [1.54, 1.807) is 0 Å². The summed E-state index contributed by atoms with van der Waals surface area (Å²) >= 11 is 0. The Morgan fingerprint density at radius 2 is 1.57 bits per heavy atom. The van der Waals surface area contributed by atoms with Gasteiger partial charge in [-0.1, -0.05) is 0 Å². The van der Waals surface area contributed by atoms with Crippen molar-refractivity contribution >= 4 is 47.1 Å². The molecular weight excluding hydrogens is 173 g/mol. The predicted octanol–water partition coefficient (Wildman–Crippen LogP) is -4.54. The molecule has 3 atom stereocenters. The second kappa shape index (κ2) is 2.32. The van der Waals surface area contributed by atoms with Gasteiger partial charge in [-0.2, -0.15) is 0 Å². The predicted molar refractivity (Wildman–Crippen MR) is 53.7 cm³/mol. The average molecular weight is 175 g/mol. The zero-order valence-electron chi connectivity index (χ0n) is 7.27. The van der Waals surface area contributed by atoms with E-state index in [1.165, 1.54) is 0 Å². The first-order chi connectivity index (χ1) is 6.05. The molecule has 2 aliphatic heterocycles. The van der Waals surface area contributed by atoms with Crippen LogP contribution in [-0.2, 0) is 4.74 Å². The van der Waals surface area contributed by atoms with Crippen LogP contribution in [0.4, 0.5) is 0 Å². The van der Waals surface area contributed by atoms with Crippen LogP contribution in [0.2, 0.25) is 0 Å². The smallest absolute Gasteiger partial charge is 0.154 e. The van der Waals surface area contributed by atoms with Crippen molar-refractivity contribution < 1.29 is 9.84 Å². The van der Waals surface area contributed by atoms with Gasteiger partial charge in [-0.25, -0.2) is 10.4 Å². The molecule has 0 aliphatic carbocycles. The van der Waals surface area contributed by atoms with E-state index in [9.17, 15) is 5.11 Å². The maximum absolute atomic E-state index is 9.56. The third-order valence-corrected chi connectivity index (χ3v) is 2.45. The van der Waals surface area contributed by atoms with Crippen LogP contribution in [0.3, 0.4) is 0 Å². The van der Waals surface area contributed by atoms with Crippen LogP contribution in [0.5, 0.6) is 0 Å². The first-order valence-corrected chi connectivity index (χ1v) is 3.78. The van der Waals surface area contributed by atoms with E-state index in [0.29, 0.717) is 0 Å². The van der Waals surface area contributed by atoms with Crippen LogP contribution >= 0.6 is 0 Å². The molecule has 0 amide bonds. The van der Waals surface area contributed by atoms with E-state index in [4.69, 9.17) is 51.8 Å². The van der Waals surface area contributed by atoms with Gasteiger partial charge in [0.1, 0.15) is 29.2 Å². The Kier molecular flexibility index (Phi) is 1.78. The minimum Gasteiger partial charge on any atom is -0.374 e. The first-order valence-electron chi connectivity index (χ1n) is 3.78. The van der Waals surface area contributed by atoms with Crippen molar-refractivity contribution in [2.45, 2.75) is 22.0 Å². The number of hydrogen-bond acceptors (Lipinski definition) is 4.